The van der Waals surface area contributed by atoms with Crippen molar-refractivity contribution in [2.24, 2.45) is 0 Å². The first-order valence-electron chi connectivity index (χ1n) is 12.3. The fourth-order valence-corrected chi connectivity index (χ4v) is 4.71. The molecule has 1 aromatic heterocycles. The number of unbranched alkanes of at least 4 members (excludes halogenated alkanes) is 8. The summed E-state index contributed by atoms with van der Waals surface area (Å²) in [5.41, 5.74) is 3.76. The number of halogens is 1. The first kappa shape index (κ1) is 24.3. The third-order valence-electron chi connectivity index (χ3n) is 6.45. The molecule has 1 heterocycles. The topological polar surface area (TPSA) is 17.8 Å². The highest BCUT2D eigenvalue weighted by Crippen LogP contribution is 2.24. The predicted octanol–water partition coefficient (Wildman–Crippen LogP) is 5.32. The minimum absolute atomic E-state index is 0. The Balaban J connectivity index is 0.00000289. The third kappa shape index (κ3) is 6.13. The van der Waals surface area contributed by atoms with E-state index >= 15 is 0 Å². The highest BCUT2D eigenvalue weighted by Gasteiger charge is 2.12. The van der Waals surface area contributed by atoms with E-state index in [0.717, 1.165) is 18.5 Å². The van der Waals surface area contributed by atoms with Gasteiger partial charge in [-0.15, -0.1) is 0 Å². The van der Waals surface area contributed by atoms with E-state index in [-0.39, 0.29) is 12.4 Å². The molecule has 0 N–H and O–H groups in total. The van der Waals surface area contributed by atoms with Gasteiger partial charge in [-0.25, -0.2) is 4.98 Å². The number of rotatable bonds is 12. The summed E-state index contributed by atoms with van der Waals surface area (Å²) in [6.45, 7) is 3.35. The van der Waals surface area contributed by atoms with Crippen LogP contribution in [0.3, 0.4) is 0 Å². The molecule has 0 saturated heterocycles. The Hall–Kier alpha value is -2.32. The van der Waals surface area contributed by atoms with Crippen LogP contribution in [-0.4, -0.2) is 9.55 Å². The summed E-state index contributed by atoms with van der Waals surface area (Å²) in [6, 6.07) is 23.9. The molecule has 0 bridgehead atoms. The molecular weight excluding hydrogens is 412 g/mol. The second-order valence-electron chi connectivity index (χ2n) is 8.81. The molecule has 32 heavy (non-hydrogen) atoms. The van der Waals surface area contributed by atoms with Crippen molar-refractivity contribution in [3.63, 3.8) is 0 Å². The van der Waals surface area contributed by atoms with E-state index in [9.17, 15) is 0 Å². The number of hydrogen-bond acceptors (Lipinski definition) is 1. The van der Waals surface area contributed by atoms with Gasteiger partial charge in [-0.1, -0.05) is 113 Å². The first-order chi connectivity index (χ1) is 15.4. The van der Waals surface area contributed by atoms with Crippen molar-refractivity contribution >= 4 is 21.8 Å². The van der Waals surface area contributed by atoms with Crippen molar-refractivity contribution in [3.8, 4) is 0 Å². The van der Waals surface area contributed by atoms with E-state index in [0.29, 0.717) is 0 Å². The van der Waals surface area contributed by atoms with Gasteiger partial charge in [0.2, 0.25) is 0 Å². The van der Waals surface area contributed by atoms with Crippen molar-refractivity contribution in [2.45, 2.75) is 77.7 Å². The fraction of sp³-hybridized carbons (Fsp3) is 0.414. The lowest BCUT2D eigenvalue weighted by molar-refractivity contribution is -0.00000644. The van der Waals surface area contributed by atoms with E-state index in [1.807, 2.05) is 0 Å². The summed E-state index contributed by atoms with van der Waals surface area (Å²) >= 11 is 0. The Bertz CT molecular complexity index is 1090. The van der Waals surface area contributed by atoms with Gasteiger partial charge in [0.25, 0.3) is 0 Å². The van der Waals surface area contributed by atoms with Gasteiger partial charge >= 0.3 is 0 Å². The molecule has 0 unspecified atom stereocenters. The zero-order valence-electron chi connectivity index (χ0n) is 19.4. The Labute approximate surface area is 199 Å². The van der Waals surface area contributed by atoms with Crippen molar-refractivity contribution in [1.82, 2.24) is 9.55 Å². The van der Waals surface area contributed by atoms with Gasteiger partial charge in [0.15, 0.2) is 0 Å². The van der Waals surface area contributed by atoms with Crippen molar-refractivity contribution < 1.29 is 12.4 Å². The smallest absolute Gasteiger partial charge is 0.114 e. The first-order valence-corrected chi connectivity index (χ1v) is 12.3. The summed E-state index contributed by atoms with van der Waals surface area (Å²) in [4.78, 5) is 5.03. The molecule has 0 radical (unpaired) electrons. The maximum Gasteiger partial charge on any atom is 0.114 e. The zero-order chi connectivity index (χ0) is 21.3. The van der Waals surface area contributed by atoms with Crippen LogP contribution in [0.15, 0.2) is 66.7 Å². The molecule has 0 fully saturated rings. The molecule has 3 aromatic carbocycles. The number of hydrogen-bond donors (Lipinski definition) is 0. The lowest BCUT2D eigenvalue weighted by Gasteiger charge is -2.11. The molecule has 0 aliphatic rings. The summed E-state index contributed by atoms with van der Waals surface area (Å²) < 4.78 is 2.47. The van der Waals surface area contributed by atoms with Crippen LogP contribution in [-0.2, 0) is 13.0 Å². The van der Waals surface area contributed by atoms with Gasteiger partial charge in [0.1, 0.15) is 5.82 Å². The van der Waals surface area contributed by atoms with Crippen LogP contribution in [0.25, 0.3) is 21.8 Å². The van der Waals surface area contributed by atoms with E-state index in [2.05, 4.69) is 78.2 Å². The zero-order valence-corrected chi connectivity index (χ0v) is 20.2. The van der Waals surface area contributed by atoms with Crippen molar-refractivity contribution in [2.75, 3.05) is 0 Å². The number of imidazole rings is 1. The number of nitrogens with zero attached hydrogens (tertiary/aromatic N) is 2. The lowest BCUT2D eigenvalue weighted by atomic mass is 10.0. The Morgan fingerprint density at radius 2 is 1.34 bits per heavy atom. The van der Waals surface area contributed by atoms with E-state index < -0.39 is 0 Å². The second kappa shape index (κ2) is 12.6. The van der Waals surface area contributed by atoms with Crippen molar-refractivity contribution in [3.05, 3.63) is 78.1 Å². The average Bonchev–Trinajstić information content (AvgIpc) is 3.15. The molecule has 170 valence electrons. The SMILES string of the molecule is CCCCCCCCCCCn1c(Cc2cccc3ccccc23)nc2ccccc21.[Cl-]. The van der Waals surface area contributed by atoms with Crippen LogP contribution in [0.1, 0.15) is 76.1 Å². The largest absolute Gasteiger partial charge is 1.00 e. The standard InChI is InChI=1S/C29H36N2.ClH/c1-2-3-4-5-6-7-8-9-14-22-31-28-21-13-12-20-27(28)30-29(31)23-25-18-15-17-24-16-10-11-19-26(24)25;/h10-13,15-21H,2-9,14,22-23H2,1H3;1H/p-1. The number of benzene rings is 3. The maximum atomic E-state index is 5.03. The van der Waals surface area contributed by atoms with Gasteiger partial charge in [-0.3, -0.25) is 0 Å². The average molecular weight is 448 g/mol. The maximum absolute atomic E-state index is 5.03. The van der Waals surface area contributed by atoms with E-state index in [4.69, 9.17) is 4.98 Å². The quantitative estimate of drug-likeness (QED) is 0.269. The number of aromatic nitrogens is 2. The van der Waals surface area contributed by atoms with Gasteiger partial charge in [0, 0.05) is 13.0 Å². The summed E-state index contributed by atoms with van der Waals surface area (Å²) in [5, 5.41) is 2.65. The van der Waals surface area contributed by atoms with Crippen LogP contribution >= 0.6 is 0 Å². The number of fused-ring (bicyclic) bond motifs is 2. The normalized spacial score (nSPS) is 11.2. The fourth-order valence-electron chi connectivity index (χ4n) is 4.71. The summed E-state index contributed by atoms with van der Waals surface area (Å²) in [7, 11) is 0. The van der Waals surface area contributed by atoms with Crippen LogP contribution in [0.2, 0.25) is 0 Å². The molecule has 2 nitrogen and oxygen atoms in total. The van der Waals surface area contributed by atoms with Gasteiger partial charge in [-0.05, 0) is 34.9 Å². The molecule has 4 aromatic rings. The van der Waals surface area contributed by atoms with Gasteiger partial charge in [-0.2, -0.15) is 0 Å². The third-order valence-corrected chi connectivity index (χ3v) is 6.45. The van der Waals surface area contributed by atoms with Crippen LogP contribution < -0.4 is 12.4 Å². The highest BCUT2D eigenvalue weighted by molar-refractivity contribution is 5.86. The van der Waals surface area contributed by atoms with Crippen LogP contribution in [0.4, 0.5) is 0 Å². The van der Waals surface area contributed by atoms with Crippen LogP contribution in [0, 0.1) is 0 Å². The second-order valence-corrected chi connectivity index (χ2v) is 8.81. The molecule has 4 rings (SSSR count). The molecule has 0 atom stereocenters. The Kier molecular flexibility index (Phi) is 9.62. The molecule has 0 spiro atoms. The molecule has 0 saturated carbocycles. The molecule has 3 heteroatoms. The predicted molar refractivity (Wildman–Crippen MR) is 134 cm³/mol. The molecule has 0 amide bonds. The minimum atomic E-state index is 0. The van der Waals surface area contributed by atoms with Gasteiger partial charge in [0.05, 0.1) is 11.0 Å². The van der Waals surface area contributed by atoms with E-state index in [1.165, 1.54) is 85.5 Å². The molecule has 0 aliphatic carbocycles. The summed E-state index contributed by atoms with van der Waals surface area (Å²) in [5.74, 6) is 1.19. The van der Waals surface area contributed by atoms with Crippen LogP contribution in [0.5, 0.6) is 0 Å². The number of aryl methyl sites for hydroxylation is 1. The Morgan fingerprint density at radius 1 is 0.688 bits per heavy atom. The summed E-state index contributed by atoms with van der Waals surface area (Å²) in [6.07, 6.45) is 13.1. The minimum Gasteiger partial charge on any atom is -1.00 e. The van der Waals surface area contributed by atoms with Gasteiger partial charge < -0.3 is 17.0 Å². The molecular formula is C29H36ClN2-. The lowest BCUT2D eigenvalue weighted by Crippen LogP contribution is -3.00. The highest BCUT2D eigenvalue weighted by atomic mass is 35.5. The molecule has 0 aliphatic heterocycles. The number of para-hydroxylation sites is 2. The Morgan fingerprint density at radius 3 is 2.16 bits per heavy atom. The van der Waals surface area contributed by atoms with E-state index in [1.54, 1.807) is 0 Å². The van der Waals surface area contributed by atoms with Crippen molar-refractivity contribution in [1.29, 1.82) is 0 Å². The monoisotopic (exact) mass is 447 g/mol.